The van der Waals surface area contributed by atoms with Crippen molar-refractivity contribution in [1.82, 2.24) is 10.2 Å². The third-order valence-electron chi connectivity index (χ3n) is 2.34. The summed E-state index contributed by atoms with van der Waals surface area (Å²) in [6.45, 7) is 10.4. The average molecular weight is 247 g/mol. The number of ether oxygens (including phenoxy) is 1. The van der Waals surface area contributed by atoms with E-state index >= 15 is 0 Å². The molecule has 17 heavy (non-hydrogen) atoms. The molecule has 0 aliphatic carbocycles. The van der Waals surface area contributed by atoms with Gasteiger partial charge in [0.2, 0.25) is 5.91 Å². The fourth-order valence-corrected chi connectivity index (χ4v) is 1.25. The lowest BCUT2D eigenvalue weighted by Crippen LogP contribution is -2.35. The van der Waals surface area contributed by atoms with E-state index < -0.39 is 0 Å². The zero-order chi connectivity index (χ0) is 12.2. The predicted molar refractivity (Wildman–Crippen MR) is 72.0 cm³/mol. The normalized spacial score (nSPS) is 15.2. The van der Waals surface area contributed by atoms with E-state index in [2.05, 4.69) is 17.1 Å². The molecule has 5 heteroatoms. The van der Waals surface area contributed by atoms with Crippen LogP contribution in [0, 0.1) is 0 Å². The summed E-state index contributed by atoms with van der Waals surface area (Å²) in [6.07, 6.45) is 0.542. The van der Waals surface area contributed by atoms with E-state index in [9.17, 15) is 4.79 Å². The van der Waals surface area contributed by atoms with E-state index in [0.717, 1.165) is 26.3 Å². The minimum Gasteiger partial charge on any atom is -0.379 e. The molecule has 104 valence electrons. The van der Waals surface area contributed by atoms with Crippen molar-refractivity contribution in [2.75, 3.05) is 45.9 Å². The second-order valence-electron chi connectivity index (χ2n) is 3.54. The number of hydrogen-bond donors (Lipinski definition) is 2. The van der Waals surface area contributed by atoms with Crippen LogP contribution in [0.25, 0.3) is 0 Å². The topological polar surface area (TPSA) is 67.6 Å². The molecule has 5 nitrogen and oxygen atoms in total. The van der Waals surface area contributed by atoms with Crippen molar-refractivity contribution in [2.24, 2.45) is 5.73 Å². The van der Waals surface area contributed by atoms with Gasteiger partial charge in [0.15, 0.2) is 0 Å². The molecule has 3 N–H and O–H groups in total. The van der Waals surface area contributed by atoms with Crippen LogP contribution in [-0.4, -0.2) is 56.7 Å². The predicted octanol–water partition coefficient (Wildman–Crippen LogP) is 0.446. The molecular weight excluding hydrogens is 218 g/mol. The smallest absolute Gasteiger partial charge is 0.219 e. The number of nitrogens with zero attached hydrogens (tertiary/aromatic N) is 1. The van der Waals surface area contributed by atoms with Crippen LogP contribution in [-0.2, 0) is 9.53 Å². The molecule has 0 saturated carbocycles. The van der Waals surface area contributed by atoms with Gasteiger partial charge in [-0.05, 0) is 6.54 Å². The summed E-state index contributed by atoms with van der Waals surface area (Å²) in [7, 11) is 0. The molecule has 1 aliphatic rings. The van der Waals surface area contributed by atoms with Crippen LogP contribution >= 0.6 is 0 Å². The van der Waals surface area contributed by atoms with Gasteiger partial charge in [-0.3, -0.25) is 9.69 Å². The molecule has 0 aromatic rings. The summed E-state index contributed by atoms with van der Waals surface area (Å²) in [5.41, 5.74) is 5.12. The number of carbonyl (C=O) groups is 1. The minimum absolute atomic E-state index is 0. The number of amides is 1. The zero-order valence-corrected chi connectivity index (χ0v) is 10.5. The van der Waals surface area contributed by atoms with Gasteiger partial charge in [-0.1, -0.05) is 21.3 Å². The van der Waals surface area contributed by atoms with E-state index in [0.29, 0.717) is 19.5 Å². The Hall–Kier alpha value is -0.650. The second kappa shape index (κ2) is 13.4. The van der Waals surface area contributed by atoms with E-state index in [-0.39, 0.29) is 13.3 Å². The minimum atomic E-state index is 0. The maximum Gasteiger partial charge on any atom is 0.219 e. The summed E-state index contributed by atoms with van der Waals surface area (Å²) in [5.74, 6) is 0.0652. The summed E-state index contributed by atoms with van der Waals surface area (Å²) in [6, 6.07) is 0. The average Bonchev–Trinajstić information content (AvgIpc) is 2.37. The highest BCUT2D eigenvalue weighted by molar-refractivity contribution is 5.75. The van der Waals surface area contributed by atoms with Crippen LogP contribution in [0.2, 0.25) is 0 Å². The molecule has 0 radical (unpaired) electrons. The largest absolute Gasteiger partial charge is 0.379 e. The van der Waals surface area contributed by atoms with E-state index in [1.54, 1.807) is 0 Å². The molecule has 1 fully saturated rings. The number of rotatable bonds is 4. The van der Waals surface area contributed by atoms with Crippen molar-refractivity contribution >= 4 is 5.91 Å². The van der Waals surface area contributed by atoms with Crippen LogP contribution < -0.4 is 11.1 Å². The molecule has 0 unspecified atom stereocenters. The quantitative estimate of drug-likeness (QED) is 0.757. The van der Waals surface area contributed by atoms with E-state index in [4.69, 9.17) is 10.5 Å². The Balaban J connectivity index is 0. The molecule has 1 heterocycles. The lowest BCUT2D eigenvalue weighted by atomic mass is 10.4. The Bertz CT molecular complexity index is 171. The van der Waals surface area contributed by atoms with Crippen molar-refractivity contribution in [3.63, 3.8) is 0 Å². The fourth-order valence-electron chi connectivity index (χ4n) is 1.25. The number of nitrogens with two attached hydrogens (primary N) is 1. The molecule has 0 spiro atoms. The first-order chi connectivity index (χ1) is 7.74. The Labute approximate surface area is 106 Å². The number of carbonyl (C=O) groups excluding carboxylic acids is 1. The van der Waals surface area contributed by atoms with E-state index in [1.807, 2.05) is 6.92 Å². The van der Waals surface area contributed by atoms with Gasteiger partial charge in [-0.2, -0.15) is 0 Å². The van der Waals surface area contributed by atoms with Crippen molar-refractivity contribution in [3.8, 4) is 0 Å². The number of morpholine rings is 1. The van der Waals surface area contributed by atoms with Crippen LogP contribution in [0.4, 0.5) is 0 Å². The van der Waals surface area contributed by atoms with Crippen molar-refractivity contribution in [1.29, 1.82) is 0 Å². The zero-order valence-electron chi connectivity index (χ0n) is 10.5. The number of nitrogens with one attached hydrogen (secondary N) is 1. The standard InChI is InChI=1S/C6H13NO.C5H12N2O.CH4/c1-2-7-3-5-8-6-4-7;1-2-5(8)7-4-3-6;/h2-6H2,1H3;2-4,6H2,1H3,(H,7,8);1H4. The molecular formula is C12H29N3O2. The third-order valence-corrected chi connectivity index (χ3v) is 2.34. The molecule has 1 aliphatic heterocycles. The van der Waals surface area contributed by atoms with Crippen molar-refractivity contribution in [3.05, 3.63) is 0 Å². The monoisotopic (exact) mass is 247 g/mol. The second-order valence-corrected chi connectivity index (χ2v) is 3.54. The van der Waals surface area contributed by atoms with Gasteiger partial charge in [0, 0.05) is 32.6 Å². The molecule has 1 amide bonds. The first-order valence-corrected chi connectivity index (χ1v) is 6.01. The SMILES string of the molecule is C.CCC(=O)NCCN.CCN1CCOCC1. The highest BCUT2D eigenvalue weighted by Crippen LogP contribution is 1.93. The Morgan fingerprint density at radius 3 is 2.29 bits per heavy atom. The lowest BCUT2D eigenvalue weighted by Gasteiger charge is -2.24. The molecule has 1 saturated heterocycles. The fraction of sp³-hybridized carbons (Fsp3) is 0.917. The summed E-state index contributed by atoms with van der Waals surface area (Å²) >= 11 is 0. The maximum atomic E-state index is 10.4. The third kappa shape index (κ3) is 11.6. The van der Waals surface area contributed by atoms with Gasteiger partial charge in [0.25, 0.3) is 0 Å². The van der Waals surface area contributed by atoms with Crippen molar-refractivity contribution in [2.45, 2.75) is 27.7 Å². The number of hydrogen-bond acceptors (Lipinski definition) is 4. The van der Waals surface area contributed by atoms with Gasteiger partial charge in [0.05, 0.1) is 13.2 Å². The first-order valence-electron chi connectivity index (χ1n) is 6.01. The van der Waals surface area contributed by atoms with Gasteiger partial charge in [0.1, 0.15) is 0 Å². The van der Waals surface area contributed by atoms with Gasteiger partial charge in [-0.25, -0.2) is 0 Å². The Morgan fingerprint density at radius 2 is 1.94 bits per heavy atom. The van der Waals surface area contributed by atoms with E-state index in [1.165, 1.54) is 6.54 Å². The van der Waals surface area contributed by atoms with Crippen LogP contribution in [0.15, 0.2) is 0 Å². The highest BCUT2D eigenvalue weighted by atomic mass is 16.5. The van der Waals surface area contributed by atoms with Gasteiger partial charge >= 0.3 is 0 Å². The Kier molecular flexibility index (Phi) is 14.8. The highest BCUT2D eigenvalue weighted by Gasteiger charge is 2.05. The molecule has 0 atom stereocenters. The first kappa shape index (κ1) is 18.7. The van der Waals surface area contributed by atoms with Gasteiger partial charge in [-0.15, -0.1) is 0 Å². The molecule has 1 rings (SSSR count). The number of likely N-dealkylation sites (N-methyl/N-ethyl adjacent to an activating group) is 1. The molecule has 0 aromatic heterocycles. The summed E-state index contributed by atoms with van der Waals surface area (Å²) < 4.78 is 5.16. The Morgan fingerprint density at radius 1 is 1.35 bits per heavy atom. The molecule has 0 bridgehead atoms. The van der Waals surface area contributed by atoms with Crippen LogP contribution in [0.5, 0.6) is 0 Å². The molecule has 0 aromatic carbocycles. The summed E-state index contributed by atoms with van der Waals surface area (Å²) in [4.78, 5) is 12.8. The maximum absolute atomic E-state index is 10.4. The van der Waals surface area contributed by atoms with Crippen molar-refractivity contribution < 1.29 is 9.53 Å². The summed E-state index contributed by atoms with van der Waals surface area (Å²) in [5, 5.41) is 2.62. The van der Waals surface area contributed by atoms with Crippen LogP contribution in [0.3, 0.4) is 0 Å². The van der Waals surface area contributed by atoms with Crippen LogP contribution in [0.1, 0.15) is 27.7 Å². The lowest BCUT2D eigenvalue weighted by molar-refractivity contribution is -0.120. The van der Waals surface area contributed by atoms with Gasteiger partial charge < -0.3 is 15.8 Å².